The molecule has 0 aliphatic heterocycles. The molecule has 0 bridgehead atoms. The predicted molar refractivity (Wildman–Crippen MR) is 72.4 cm³/mol. The summed E-state index contributed by atoms with van der Waals surface area (Å²) in [6.45, 7) is 3.67. The molecule has 3 nitrogen and oxygen atoms in total. The highest BCUT2D eigenvalue weighted by atomic mass is 31.2. The van der Waals surface area contributed by atoms with Gasteiger partial charge in [0.15, 0.2) is 0 Å². The summed E-state index contributed by atoms with van der Waals surface area (Å²) in [7, 11) is -4.95. The van der Waals surface area contributed by atoms with E-state index in [1.54, 1.807) is 0 Å². The van der Waals surface area contributed by atoms with Gasteiger partial charge in [-0.2, -0.15) is 4.89 Å². The number of benzene rings is 1. The third-order valence-corrected chi connectivity index (χ3v) is 9.09. The molecule has 5 heteroatoms. The lowest BCUT2D eigenvalue weighted by molar-refractivity contribution is 0.495. The van der Waals surface area contributed by atoms with Crippen LogP contribution in [0.15, 0.2) is 30.3 Å². The van der Waals surface area contributed by atoms with Crippen LogP contribution in [-0.4, -0.2) is 22.6 Å². The van der Waals surface area contributed by atoms with Crippen LogP contribution in [0.4, 0.5) is 0 Å². The first-order chi connectivity index (χ1) is 8.03. The van der Waals surface area contributed by atoms with Crippen LogP contribution in [0.3, 0.4) is 0 Å². The third-order valence-electron chi connectivity index (χ3n) is 3.13. The van der Waals surface area contributed by atoms with E-state index in [0.717, 1.165) is 5.56 Å². The van der Waals surface area contributed by atoms with Gasteiger partial charge in [0.2, 0.25) is 5.40 Å². The second-order valence-corrected chi connectivity index (χ2v) is 9.49. The summed E-state index contributed by atoms with van der Waals surface area (Å²) in [5.41, 5.74) is 0.969. The lowest BCUT2D eigenvalue weighted by Gasteiger charge is -2.16. The van der Waals surface area contributed by atoms with Gasteiger partial charge in [0.05, 0.1) is 0 Å². The largest absolute Gasteiger partial charge is 0.516 e. The van der Waals surface area contributed by atoms with Crippen molar-refractivity contribution < 1.29 is 14.0 Å². The van der Waals surface area contributed by atoms with E-state index in [-0.39, 0.29) is 0 Å². The van der Waals surface area contributed by atoms with Gasteiger partial charge in [-0.1, -0.05) is 44.2 Å². The first-order valence-corrected chi connectivity index (χ1v) is 9.23. The Kier molecular flexibility index (Phi) is 5.52. The van der Waals surface area contributed by atoms with Crippen molar-refractivity contribution in [2.24, 2.45) is 0 Å². The van der Waals surface area contributed by atoms with Crippen molar-refractivity contribution in [2.45, 2.75) is 25.7 Å². The van der Waals surface area contributed by atoms with Crippen LogP contribution in [0.1, 0.15) is 19.4 Å². The summed E-state index contributed by atoms with van der Waals surface area (Å²) in [5.74, 6) is 0. The molecule has 1 N–H and O–H groups in total. The van der Waals surface area contributed by atoms with E-state index >= 15 is 0 Å². The molecule has 0 spiro atoms. The van der Waals surface area contributed by atoms with Gasteiger partial charge in [0, 0.05) is 18.7 Å². The van der Waals surface area contributed by atoms with E-state index in [4.69, 9.17) is 0 Å². The third kappa shape index (κ3) is 3.74. The lowest BCUT2D eigenvalue weighted by Crippen LogP contribution is -2.11. The fourth-order valence-electron chi connectivity index (χ4n) is 1.89. The molecule has 2 unspecified atom stereocenters. The summed E-state index contributed by atoms with van der Waals surface area (Å²) in [6, 6.07) is 9.49. The zero-order chi connectivity index (χ0) is 12.9. The molecule has 0 amide bonds. The molecule has 0 heterocycles. The molecule has 0 radical (unpaired) electrons. The molecule has 1 aromatic rings. The lowest BCUT2D eigenvalue weighted by atomic mass is 10.2. The highest BCUT2D eigenvalue weighted by Crippen LogP contribution is 2.58. The molecular weight excluding hydrogens is 254 g/mol. The highest BCUT2D eigenvalue weighted by molar-refractivity contribution is 7.73. The minimum absolute atomic E-state index is 0.422. The predicted octanol–water partition coefficient (Wildman–Crippen LogP) is 3.69. The molecule has 17 heavy (non-hydrogen) atoms. The maximum Gasteiger partial charge on any atom is 0.516 e. The van der Waals surface area contributed by atoms with Gasteiger partial charge in [-0.25, -0.2) is 0 Å². The van der Waals surface area contributed by atoms with Crippen LogP contribution < -0.4 is 0 Å². The Morgan fingerprint density at radius 2 is 1.76 bits per heavy atom. The van der Waals surface area contributed by atoms with Crippen molar-refractivity contribution in [2.75, 3.05) is 12.3 Å². The second-order valence-electron chi connectivity index (χ2n) is 4.06. The zero-order valence-corrected chi connectivity index (χ0v) is 12.0. The first kappa shape index (κ1) is 14.6. The fourth-order valence-corrected chi connectivity index (χ4v) is 6.52. The Balaban J connectivity index is 2.96. The molecule has 0 aliphatic carbocycles. The van der Waals surface area contributed by atoms with Crippen molar-refractivity contribution in [3.05, 3.63) is 35.9 Å². The van der Waals surface area contributed by atoms with Crippen molar-refractivity contribution in [1.29, 1.82) is 0 Å². The molecule has 0 aromatic heterocycles. The van der Waals surface area contributed by atoms with Gasteiger partial charge >= 0.3 is 8.03 Å². The van der Waals surface area contributed by atoms with Gasteiger partial charge < -0.3 is 4.57 Å². The van der Waals surface area contributed by atoms with Crippen LogP contribution in [0.2, 0.25) is 0 Å². The van der Waals surface area contributed by atoms with Gasteiger partial charge in [0.1, 0.15) is 7.14 Å². The number of hydrogen-bond donors (Lipinski definition) is 1. The maximum absolute atomic E-state index is 12.6. The number of hydrogen-bond acceptors (Lipinski definition) is 2. The monoisotopic (exact) mass is 273 g/mol. The van der Waals surface area contributed by atoms with Crippen molar-refractivity contribution in [3.63, 3.8) is 0 Å². The van der Waals surface area contributed by atoms with Gasteiger partial charge in [-0.05, 0) is 10.1 Å². The molecule has 2 atom stereocenters. The van der Waals surface area contributed by atoms with Gasteiger partial charge in [-0.3, -0.25) is 0 Å². The Hall–Kier alpha value is -0.490. The molecule has 0 aliphatic rings. The number of rotatable bonds is 6. The van der Waals surface area contributed by atoms with Crippen LogP contribution in [-0.2, 0) is 15.6 Å². The molecule has 1 rings (SSSR count). The summed E-state index contributed by atoms with van der Waals surface area (Å²) in [6.07, 6.45) is 1.40. The Morgan fingerprint density at radius 1 is 1.24 bits per heavy atom. The van der Waals surface area contributed by atoms with E-state index in [2.05, 4.69) is 0 Å². The average molecular weight is 273 g/mol. The van der Waals surface area contributed by atoms with E-state index in [9.17, 15) is 14.0 Å². The zero-order valence-electron chi connectivity index (χ0n) is 10.2. The van der Waals surface area contributed by atoms with E-state index < -0.39 is 20.6 Å². The van der Waals surface area contributed by atoms with Crippen molar-refractivity contribution in [3.8, 4) is 0 Å². The summed E-state index contributed by atoms with van der Waals surface area (Å²) in [4.78, 5) is 9.41. The van der Waals surface area contributed by atoms with Gasteiger partial charge in [0.25, 0.3) is 0 Å². The minimum Gasteiger partial charge on any atom is -0.319 e. The van der Waals surface area contributed by atoms with E-state index in [1.807, 2.05) is 44.2 Å². The minimum atomic E-state index is -2.55. The Morgan fingerprint density at radius 3 is 2.18 bits per heavy atom. The van der Waals surface area contributed by atoms with E-state index in [1.165, 1.54) is 0 Å². The normalized spacial score (nSPS) is 14.4. The quantitative estimate of drug-likeness (QED) is 0.804. The maximum atomic E-state index is 12.6. The van der Waals surface area contributed by atoms with Crippen LogP contribution >= 0.6 is 15.2 Å². The SMILES string of the molecule is CCP(=O)(CC)C(Cc1ccccc1)[P+](=O)O. The molecule has 94 valence electrons. The smallest absolute Gasteiger partial charge is 0.319 e. The fraction of sp³-hybridized carbons (Fsp3) is 0.500. The van der Waals surface area contributed by atoms with Crippen LogP contribution in [0.25, 0.3) is 0 Å². The first-order valence-electron chi connectivity index (χ1n) is 5.80. The van der Waals surface area contributed by atoms with Gasteiger partial charge in [-0.15, -0.1) is 0 Å². The highest BCUT2D eigenvalue weighted by Gasteiger charge is 2.44. The summed E-state index contributed by atoms with van der Waals surface area (Å²) in [5, 5.41) is -0.602. The topological polar surface area (TPSA) is 54.4 Å². The molecule has 1 aromatic carbocycles. The van der Waals surface area contributed by atoms with Crippen LogP contribution in [0, 0.1) is 0 Å². The second kappa shape index (κ2) is 6.44. The standard InChI is InChI=1S/C12H18O3P2/c1-3-17(15,4-2)12(16(13)14)10-11-8-6-5-7-9-11/h5-9,12H,3-4,10H2,1-2H3/p+1. The molecule has 0 saturated heterocycles. The molecular formula is C12H19O3P2+. The molecule has 0 fully saturated rings. The van der Waals surface area contributed by atoms with Crippen molar-refractivity contribution in [1.82, 2.24) is 0 Å². The summed E-state index contributed by atoms with van der Waals surface area (Å²) >= 11 is 0. The Bertz CT molecular complexity index is 409. The Labute approximate surface area is 103 Å². The summed E-state index contributed by atoms with van der Waals surface area (Å²) < 4.78 is 24.0. The average Bonchev–Trinajstić information content (AvgIpc) is 2.36. The van der Waals surface area contributed by atoms with Crippen LogP contribution in [0.5, 0.6) is 0 Å². The van der Waals surface area contributed by atoms with Crippen molar-refractivity contribution >= 4 is 15.2 Å². The molecule has 0 saturated carbocycles. The van der Waals surface area contributed by atoms with E-state index in [0.29, 0.717) is 18.7 Å².